The smallest absolute Gasteiger partial charge is 0.159 e. The van der Waals surface area contributed by atoms with Crippen LogP contribution in [0.4, 0.5) is 5.69 Å². The summed E-state index contributed by atoms with van der Waals surface area (Å²) in [6.45, 7) is 5.62. The Kier molecular flexibility index (Phi) is 4.95. The van der Waals surface area contributed by atoms with Crippen LogP contribution in [-0.4, -0.2) is 31.6 Å². The zero-order valence-electron chi connectivity index (χ0n) is 13.8. The van der Waals surface area contributed by atoms with Crippen molar-refractivity contribution in [1.29, 1.82) is 0 Å². The quantitative estimate of drug-likeness (QED) is 0.761. The van der Waals surface area contributed by atoms with Crippen LogP contribution in [0.2, 0.25) is 5.02 Å². The van der Waals surface area contributed by atoms with Gasteiger partial charge in [-0.05, 0) is 56.3 Å². The molecule has 1 aliphatic heterocycles. The first-order chi connectivity index (χ1) is 11.5. The van der Waals surface area contributed by atoms with E-state index in [4.69, 9.17) is 21.1 Å². The maximum absolute atomic E-state index is 11.6. The number of rotatable bonds is 5. The third kappa shape index (κ3) is 3.82. The third-order valence-corrected chi connectivity index (χ3v) is 4.21. The van der Waals surface area contributed by atoms with Crippen LogP contribution in [0, 0.1) is 0 Å². The second kappa shape index (κ2) is 7.14. The summed E-state index contributed by atoms with van der Waals surface area (Å²) >= 11 is 5.87. The molecule has 1 atom stereocenters. The molecule has 0 radical (unpaired) electrons. The first-order valence-electron chi connectivity index (χ1n) is 7.98. The number of fused-ring (bicyclic) bond motifs is 1. The summed E-state index contributed by atoms with van der Waals surface area (Å²) in [5.74, 6) is 1.65. The number of carbonyl (C=O) groups is 1. The van der Waals surface area contributed by atoms with Crippen molar-refractivity contribution in [3.8, 4) is 11.5 Å². The Bertz CT molecular complexity index is 730. The molecule has 2 aromatic rings. The highest BCUT2D eigenvalue weighted by Crippen LogP contribution is 2.34. The van der Waals surface area contributed by atoms with Crippen LogP contribution in [0.5, 0.6) is 11.5 Å². The lowest BCUT2D eigenvalue weighted by Gasteiger charge is -2.35. The molecular weight excluding hydrogens is 326 g/mol. The van der Waals surface area contributed by atoms with Crippen molar-refractivity contribution < 1.29 is 14.3 Å². The molecule has 0 amide bonds. The number of ketones is 1. The fourth-order valence-electron chi connectivity index (χ4n) is 2.76. The lowest BCUT2D eigenvalue weighted by atomic mass is 10.1. The van der Waals surface area contributed by atoms with Crippen molar-refractivity contribution in [2.75, 3.05) is 24.6 Å². The average molecular weight is 346 g/mol. The van der Waals surface area contributed by atoms with E-state index in [1.807, 2.05) is 49.4 Å². The van der Waals surface area contributed by atoms with Gasteiger partial charge in [-0.15, -0.1) is 0 Å². The molecule has 5 heteroatoms. The van der Waals surface area contributed by atoms with Crippen molar-refractivity contribution in [2.24, 2.45) is 0 Å². The summed E-state index contributed by atoms with van der Waals surface area (Å²) in [5.41, 5.74) is 1.64. The van der Waals surface area contributed by atoms with Crippen molar-refractivity contribution in [2.45, 2.75) is 20.0 Å². The molecule has 4 nitrogen and oxygen atoms in total. The molecular formula is C19H20ClNO3. The number of halogens is 1. The maximum atomic E-state index is 11.6. The molecule has 0 N–H and O–H groups in total. The molecule has 1 heterocycles. The molecule has 3 rings (SSSR count). The number of carbonyl (C=O) groups excluding carboxylic acids is 1. The summed E-state index contributed by atoms with van der Waals surface area (Å²) in [6.07, 6.45) is 0.0937. The lowest BCUT2D eigenvalue weighted by Crippen LogP contribution is -2.40. The van der Waals surface area contributed by atoms with Gasteiger partial charge in [-0.2, -0.15) is 0 Å². The molecule has 24 heavy (non-hydrogen) atoms. The zero-order valence-corrected chi connectivity index (χ0v) is 14.5. The Morgan fingerprint density at radius 3 is 2.75 bits per heavy atom. The van der Waals surface area contributed by atoms with Crippen molar-refractivity contribution in [3.05, 3.63) is 53.1 Å². The van der Waals surface area contributed by atoms with Gasteiger partial charge in [0.1, 0.15) is 24.2 Å². The average Bonchev–Trinajstić information content (AvgIpc) is 2.56. The lowest BCUT2D eigenvalue weighted by molar-refractivity contribution is 0.101. The second-order valence-corrected chi connectivity index (χ2v) is 6.35. The second-order valence-electron chi connectivity index (χ2n) is 5.92. The number of anilines is 1. The van der Waals surface area contributed by atoms with E-state index in [2.05, 4.69) is 4.90 Å². The standard InChI is InChI=1S/C19H20ClNO3/c1-13-12-21(9-10-23-17-6-4-16(20)5-7-17)18-11-15(14(2)22)3-8-19(18)24-13/h3-8,11,13H,9-10,12H2,1-2H3. The predicted molar refractivity (Wildman–Crippen MR) is 95.7 cm³/mol. The highest BCUT2D eigenvalue weighted by molar-refractivity contribution is 6.30. The highest BCUT2D eigenvalue weighted by Gasteiger charge is 2.23. The monoisotopic (exact) mass is 345 g/mol. The number of hydrogen-bond acceptors (Lipinski definition) is 4. The summed E-state index contributed by atoms with van der Waals surface area (Å²) in [4.78, 5) is 13.8. The molecule has 0 bridgehead atoms. The molecule has 1 aliphatic rings. The summed E-state index contributed by atoms with van der Waals surface area (Å²) in [5, 5.41) is 0.690. The first-order valence-corrected chi connectivity index (χ1v) is 8.35. The Labute approximate surface area is 146 Å². The topological polar surface area (TPSA) is 38.8 Å². The zero-order chi connectivity index (χ0) is 17.1. The van der Waals surface area contributed by atoms with Gasteiger partial charge in [0, 0.05) is 10.6 Å². The fourth-order valence-corrected chi connectivity index (χ4v) is 2.89. The Balaban J connectivity index is 1.70. The Morgan fingerprint density at radius 1 is 1.29 bits per heavy atom. The predicted octanol–water partition coefficient (Wildman–Crippen LogP) is 4.21. The van der Waals surface area contributed by atoms with Gasteiger partial charge in [0.15, 0.2) is 5.78 Å². The van der Waals surface area contributed by atoms with E-state index >= 15 is 0 Å². The van der Waals surface area contributed by atoms with E-state index in [1.54, 1.807) is 6.92 Å². The van der Waals surface area contributed by atoms with Gasteiger partial charge < -0.3 is 14.4 Å². The van der Waals surface area contributed by atoms with E-state index in [9.17, 15) is 4.79 Å². The van der Waals surface area contributed by atoms with Gasteiger partial charge in [-0.3, -0.25) is 4.79 Å². The van der Waals surface area contributed by atoms with Crippen LogP contribution in [0.25, 0.3) is 0 Å². The van der Waals surface area contributed by atoms with Crippen LogP contribution in [0.3, 0.4) is 0 Å². The number of nitrogens with zero attached hydrogens (tertiary/aromatic N) is 1. The minimum Gasteiger partial charge on any atom is -0.492 e. The van der Waals surface area contributed by atoms with Crippen LogP contribution in [0.1, 0.15) is 24.2 Å². The summed E-state index contributed by atoms with van der Waals surface area (Å²) < 4.78 is 11.6. The van der Waals surface area contributed by atoms with Crippen molar-refractivity contribution in [3.63, 3.8) is 0 Å². The van der Waals surface area contributed by atoms with Crippen LogP contribution in [0.15, 0.2) is 42.5 Å². The van der Waals surface area contributed by atoms with Gasteiger partial charge in [0.2, 0.25) is 0 Å². The Morgan fingerprint density at radius 2 is 2.04 bits per heavy atom. The molecule has 1 unspecified atom stereocenters. The number of benzene rings is 2. The summed E-state index contributed by atoms with van der Waals surface area (Å²) in [6, 6.07) is 12.9. The van der Waals surface area contributed by atoms with Gasteiger partial charge in [-0.25, -0.2) is 0 Å². The Hall–Kier alpha value is -2.20. The van der Waals surface area contributed by atoms with Crippen LogP contribution < -0.4 is 14.4 Å². The minimum atomic E-state index is 0.0498. The van der Waals surface area contributed by atoms with E-state index in [0.717, 1.165) is 23.7 Å². The molecule has 0 aromatic heterocycles. The number of Topliss-reactive ketones (excluding diaryl/α,β-unsaturated/α-hetero) is 1. The van der Waals surface area contributed by atoms with E-state index in [1.165, 1.54) is 0 Å². The molecule has 0 spiro atoms. The van der Waals surface area contributed by atoms with E-state index < -0.39 is 0 Å². The summed E-state index contributed by atoms with van der Waals surface area (Å²) in [7, 11) is 0. The van der Waals surface area contributed by atoms with Crippen LogP contribution in [-0.2, 0) is 0 Å². The van der Waals surface area contributed by atoms with Crippen molar-refractivity contribution >= 4 is 23.1 Å². The SMILES string of the molecule is CC(=O)c1ccc2c(c1)N(CCOc1ccc(Cl)cc1)CC(C)O2. The van der Waals surface area contributed by atoms with E-state index in [-0.39, 0.29) is 11.9 Å². The third-order valence-electron chi connectivity index (χ3n) is 3.96. The molecule has 126 valence electrons. The van der Waals surface area contributed by atoms with Gasteiger partial charge in [-0.1, -0.05) is 11.6 Å². The molecule has 2 aromatic carbocycles. The molecule has 0 fully saturated rings. The van der Waals surface area contributed by atoms with Gasteiger partial charge >= 0.3 is 0 Å². The highest BCUT2D eigenvalue weighted by atomic mass is 35.5. The number of ether oxygens (including phenoxy) is 2. The number of hydrogen-bond donors (Lipinski definition) is 0. The normalized spacial score (nSPS) is 16.3. The van der Waals surface area contributed by atoms with E-state index in [0.29, 0.717) is 23.7 Å². The maximum Gasteiger partial charge on any atom is 0.159 e. The largest absolute Gasteiger partial charge is 0.492 e. The van der Waals surface area contributed by atoms with Crippen molar-refractivity contribution in [1.82, 2.24) is 0 Å². The molecule has 0 saturated carbocycles. The van der Waals surface area contributed by atoms with Gasteiger partial charge in [0.25, 0.3) is 0 Å². The fraction of sp³-hybridized carbons (Fsp3) is 0.316. The first kappa shape index (κ1) is 16.7. The van der Waals surface area contributed by atoms with Gasteiger partial charge in [0.05, 0.1) is 18.8 Å². The minimum absolute atomic E-state index is 0.0498. The molecule has 0 aliphatic carbocycles. The molecule has 0 saturated heterocycles. The van der Waals surface area contributed by atoms with Crippen LogP contribution >= 0.6 is 11.6 Å².